The maximum atomic E-state index is 13.7. The Morgan fingerprint density at radius 2 is 1.24 bits per heavy atom. The average Bonchev–Trinajstić information content (AvgIpc) is 3.60. The zero-order chi connectivity index (χ0) is 52.8. The molecule has 0 spiro atoms. The summed E-state index contributed by atoms with van der Waals surface area (Å²) in [6.45, 7) is 31.1. The maximum Gasteiger partial charge on any atom is 0.410 e. The van der Waals surface area contributed by atoms with Gasteiger partial charge < -0.3 is 39.4 Å². The zero-order valence-electron chi connectivity index (χ0n) is 46.8. The molecule has 2 N–H and O–H groups in total. The summed E-state index contributed by atoms with van der Waals surface area (Å²) in [4.78, 5) is 68.0. The fraction of sp³-hybridized carbons (Fsp3) is 0.875. The van der Waals surface area contributed by atoms with E-state index in [0.717, 1.165) is 54.8 Å². The second-order valence-corrected chi connectivity index (χ2v) is 27.8. The van der Waals surface area contributed by atoms with Crippen molar-refractivity contribution in [1.82, 2.24) is 20.4 Å². The van der Waals surface area contributed by atoms with Crippen molar-refractivity contribution in [3.05, 3.63) is 11.6 Å². The lowest BCUT2D eigenvalue weighted by molar-refractivity contribution is -0.148. The van der Waals surface area contributed by atoms with Crippen LogP contribution in [-0.4, -0.2) is 114 Å². The van der Waals surface area contributed by atoms with E-state index in [0.29, 0.717) is 70.4 Å². The van der Waals surface area contributed by atoms with E-state index in [1.807, 2.05) is 41.5 Å². The van der Waals surface area contributed by atoms with Gasteiger partial charge in [0.15, 0.2) is 0 Å². The van der Waals surface area contributed by atoms with E-state index in [9.17, 15) is 24.0 Å². The van der Waals surface area contributed by atoms with Gasteiger partial charge in [-0.15, -0.1) is 0 Å². The number of carbonyl (C=O) groups is 5. The molecular formula is C56H98N4O9S2. The van der Waals surface area contributed by atoms with Crippen LogP contribution in [0.5, 0.6) is 0 Å². The number of nitrogens with zero attached hydrogens (tertiary/aromatic N) is 2. The smallest absolute Gasteiger partial charge is 0.410 e. The first-order valence-electron chi connectivity index (χ1n) is 27.4. The highest BCUT2D eigenvalue weighted by molar-refractivity contribution is 8.77. The summed E-state index contributed by atoms with van der Waals surface area (Å²) in [5.74, 6) is 4.80. The van der Waals surface area contributed by atoms with Crippen molar-refractivity contribution in [3.8, 4) is 0 Å². The normalized spacial score (nSPS) is 25.7. The van der Waals surface area contributed by atoms with Crippen molar-refractivity contribution in [1.29, 1.82) is 0 Å². The summed E-state index contributed by atoms with van der Waals surface area (Å²) in [5, 5.41) is 5.53. The van der Waals surface area contributed by atoms with Crippen molar-refractivity contribution in [2.24, 2.45) is 46.3 Å². The summed E-state index contributed by atoms with van der Waals surface area (Å²) in [5.41, 5.74) is 0.268. The lowest BCUT2D eigenvalue weighted by atomic mass is 9.47. The van der Waals surface area contributed by atoms with Crippen LogP contribution in [-0.2, 0) is 28.5 Å². The minimum atomic E-state index is -0.675. The number of nitrogens with one attached hydrogen (secondary N) is 2. The Balaban J connectivity index is 1.25. The number of allylic oxidation sites excluding steroid dienone is 1. The molecule has 3 fully saturated rings. The predicted molar refractivity (Wildman–Crippen MR) is 289 cm³/mol. The molecule has 0 saturated heterocycles. The van der Waals surface area contributed by atoms with Gasteiger partial charge in [0.05, 0.1) is 5.75 Å². The number of rotatable bonds is 24. The molecule has 408 valence electrons. The monoisotopic (exact) mass is 1030 g/mol. The molecule has 3 saturated carbocycles. The summed E-state index contributed by atoms with van der Waals surface area (Å²) in [6.07, 6.45) is 16.8. The third-order valence-corrected chi connectivity index (χ3v) is 17.7. The van der Waals surface area contributed by atoms with Crippen LogP contribution < -0.4 is 10.6 Å². The number of hydrogen-bond acceptors (Lipinski definition) is 11. The number of hydrogen-bond donors (Lipinski definition) is 2. The Morgan fingerprint density at radius 3 is 1.83 bits per heavy atom. The summed E-state index contributed by atoms with van der Waals surface area (Å²) < 4.78 is 22.5. The first-order valence-corrected chi connectivity index (χ1v) is 29.9. The molecule has 0 aromatic heterocycles. The van der Waals surface area contributed by atoms with Crippen LogP contribution in [0.1, 0.15) is 193 Å². The minimum absolute atomic E-state index is 0.0632. The molecule has 15 heteroatoms. The number of esters is 1. The highest BCUT2D eigenvalue weighted by atomic mass is 33.1. The van der Waals surface area contributed by atoms with E-state index in [1.165, 1.54) is 78.5 Å². The van der Waals surface area contributed by atoms with Crippen LogP contribution in [0.4, 0.5) is 14.4 Å². The van der Waals surface area contributed by atoms with E-state index in [-0.39, 0.29) is 34.9 Å². The molecule has 8 atom stereocenters. The first-order chi connectivity index (χ1) is 33.1. The van der Waals surface area contributed by atoms with Gasteiger partial charge in [-0.05, 0) is 179 Å². The second kappa shape index (κ2) is 27.1. The van der Waals surface area contributed by atoms with Crippen LogP contribution in [0.15, 0.2) is 11.6 Å². The lowest BCUT2D eigenvalue weighted by Crippen LogP contribution is -2.51. The molecule has 0 heterocycles. The molecule has 0 aliphatic heterocycles. The summed E-state index contributed by atoms with van der Waals surface area (Å²) >= 11 is 0. The molecule has 13 nitrogen and oxygen atoms in total. The SMILES string of the molecule is CC(C)CCC[C@@H](C)[C@H]1CC[C@H]2[C@@H]3CC=C4C[C@@H](OC(=O)CSSCC(=O)N(CCCCN(CCCNC(=O)OC(C)(C)C)C(=O)OC(C)(C)C)CCCNC(=O)OC(C)(C)C)CC[C@]4(C)[C@H]3CC[C@]12C. The number of unbranched alkanes of at least 4 members (excludes halogenated alkanes) is 1. The van der Waals surface area contributed by atoms with Gasteiger partial charge in [0.2, 0.25) is 5.91 Å². The number of ether oxygens (including phenoxy) is 4. The van der Waals surface area contributed by atoms with E-state index >= 15 is 0 Å². The van der Waals surface area contributed by atoms with Gasteiger partial charge in [0.25, 0.3) is 0 Å². The lowest BCUT2D eigenvalue weighted by Gasteiger charge is -2.58. The second-order valence-electron chi connectivity index (χ2n) is 25.3. The molecular weight excluding hydrogens is 937 g/mol. The van der Waals surface area contributed by atoms with Gasteiger partial charge in [-0.2, -0.15) is 0 Å². The largest absolute Gasteiger partial charge is 0.461 e. The number of amides is 4. The number of fused-ring (bicyclic) bond motifs is 5. The van der Waals surface area contributed by atoms with Crippen molar-refractivity contribution < 1.29 is 42.9 Å². The van der Waals surface area contributed by atoms with Crippen molar-refractivity contribution in [2.45, 2.75) is 216 Å². The standard InChI is InChI=1S/C56H98N4O9S2/c1-39(2)20-17-21-40(3)44-24-25-45-43-23-22-41-36-42(26-28-55(41,13)46(43)27-29-56(44,45)14)66-48(62)38-71-70-37-47(61)59(34-18-30-57-49(63)67-52(4,5)6)32-15-16-33-60(51(65)69-54(10,11)12)35-19-31-58-50(64)68-53(7,8)9/h22,39-40,42-46H,15-21,23-38H2,1-14H3,(H,57,63)(H,58,64)/t40-,42+,43+,44-,45+,46+,55+,56-/m1/s1. The molecule has 71 heavy (non-hydrogen) atoms. The Morgan fingerprint density at radius 1 is 0.676 bits per heavy atom. The van der Waals surface area contributed by atoms with E-state index in [4.69, 9.17) is 18.9 Å². The fourth-order valence-corrected chi connectivity index (χ4v) is 14.1. The Bertz CT molecular complexity index is 1770. The third kappa shape index (κ3) is 19.8. The number of carbonyl (C=O) groups excluding carboxylic acids is 5. The molecule has 4 amide bonds. The van der Waals surface area contributed by atoms with Crippen molar-refractivity contribution in [2.75, 3.05) is 50.8 Å². The molecule has 0 aromatic carbocycles. The molecule has 0 bridgehead atoms. The van der Waals surface area contributed by atoms with Crippen LogP contribution in [0, 0.1) is 46.3 Å². The fourth-order valence-electron chi connectivity index (χ4n) is 12.4. The first kappa shape index (κ1) is 60.7. The van der Waals surface area contributed by atoms with E-state index in [1.54, 1.807) is 30.6 Å². The molecule has 0 radical (unpaired) electrons. The minimum Gasteiger partial charge on any atom is -0.461 e. The summed E-state index contributed by atoms with van der Waals surface area (Å²) in [7, 11) is 2.71. The van der Waals surface area contributed by atoms with Gasteiger partial charge in [-0.3, -0.25) is 9.59 Å². The van der Waals surface area contributed by atoms with Crippen LogP contribution in [0.25, 0.3) is 0 Å². The molecule has 4 rings (SSSR count). The van der Waals surface area contributed by atoms with Crippen LogP contribution in [0.2, 0.25) is 0 Å². The molecule has 0 aromatic rings. The van der Waals surface area contributed by atoms with E-state index in [2.05, 4.69) is 51.3 Å². The average molecular weight is 1040 g/mol. The maximum absolute atomic E-state index is 13.7. The van der Waals surface area contributed by atoms with Crippen molar-refractivity contribution in [3.63, 3.8) is 0 Å². The van der Waals surface area contributed by atoms with Gasteiger partial charge in [-0.1, -0.05) is 87.1 Å². The Kier molecular flexibility index (Phi) is 23.2. The third-order valence-electron chi connectivity index (χ3n) is 15.7. The number of alkyl carbamates (subject to hydrolysis) is 2. The van der Waals surface area contributed by atoms with Crippen molar-refractivity contribution >= 4 is 51.7 Å². The van der Waals surface area contributed by atoms with Crippen LogP contribution in [0.3, 0.4) is 0 Å². The van der Waals surface area contributed by atoms with Crippen LogP contribution >= 0.6 is 21.6 Å². The van der Waals surface area contributed by atoms with Gasteiger partial charge in [-0.25, -0.2) is 14.4 Å². The molecule has 4 aliphatic carbocycles. The molecule has 0 unspecified atom stereocenters. The highest BCUT2D eigenvalue weighted by Gasteiger charge is 2.59. The molecule has 4 aliphatic rings. The Labute approximate surface area is 438 Å². The van der Waals surface area contributed by atoms with Gasteiger partial charge in [0.1, 0.15) is 28.7 Å². The van der Waals surface area contributed by atoms with Gasteiger partial charge >= 0.3 is 24.2 Å². The topological polar surface area (TPSA) is 153 Å². The highest BCUT2D eigenvalue weighted by Crippen LogP contribution is 2.67. The Hall–Kier alpha value is -2.81. The predicted octanol–water partition coefficient (Wildman–Crippen LogP) is 13.0. The zero-order valence-corrected chi connectivity index (χ0v) is 48.4. The van der Waals surface area contributed by atoms with Gasteiger partial charge in [0, 0.05) is 45.7 Å². The summed E-state index contributed by atoms with van der Waals surface area (Å²) in [6, 6.07) is 0. The quantitative estimate of drug-likeness (QED) is 0.0312. The van der Waals surface area contributed by atoms with E-state index < -0.39 is 35.1 Å².